The van der Waals surface area contributed by atoms with Gasteiger partial charge in [0.2, 0.25) is 0 Å². The summed E-state index contributed by atoms with van der Waals surface area (Å²) in [6, 6.07) is 6.22. The van der Waals surface area contributed by atoms with E-state index >= 15 is 0 Å². The first-order valence-electron chi connectivity index (χ1n) is 6.42. The fourth-order valence-corrected chi connectivity index (χ4v) is 2.58. The largest absolute Gasteiger partial charge is 0.381 e. The molecular formula is C14H18N2O2. The Labute approximate surface area is 107 Å². The van der Waals surface area contributed by atoms with Crippen LogP contribution in [0.25, 0.3) is 0 Å². The summed E-state index contributed by atoms with van der Waals surface area (Å²) < 4.78 is 5.20. The van der Waals surface area contributed by atoms with Crippen molar-refractivity contribution in [2.24, 2.45) is 0 Å². The molecule has 1 heterocycles. The van der Waals surface area contributed by atoms with Crippen LogP contribution < -0.4 is 10.6 Å². The molecule has 1 fully saturated rings. The van der Waals surface area contributed by atoms with Crippen LogP contribution in [0.15, 0.2) is 18.2 Å². The van der Waals surface area contributed by atoms with Crippen LogP contribution >= 0.6 is 0 Å². The minimum Gasteiger partial charge on any atom is -0.381 e. The van der Waals surface area contributed by atoms with Crippen molar-refractivity contribution in [1.82, 2.24) is 10.6 Å². The summed E-state index contributed by atoms with van der Waals surface area (Å²) in [5, 5.41) is 6.33. The van der Waals surface area contributed by atoms with Crippen molar-refractivity contribution in [2.75, 3.05) is 7.11 Å². The number of methoxy groups -OCH3 is 1. The summed E-state index contributed by atoms with van der Waals surface area (Å²) in [6.45, 7) is 1.78. The number of carbonyl (C=O) groups excluding carboxylic acids is 1. The molecule has 1 aliphatic heterocycles. The van der Waals surface area contributed by atoms with Crippen LogP contribution in [0.5, 0.6) is 0 Å². The topological polar surface area (TPSA) is 50.4 Å². The van der Waals surface area contributed by atoms with Gasteiger partial charge in [-0.1, -0.05) is 6.07 Å². The minimum atomic E-state index is 0.0317. The third-order valence-corrected chi connectivity index (χ3v) is 3.86. The zero-order chi connectivity index (χ0) is 12.5. The Balaban J connectivity index is 1.63. The molecule has 0 spiro atoms. The molecule has 0 bridgehead atoms. The van der Waals surface area contributed by atoms with E-state index in [2.05, 4.69) is 10.6 Å². The van der Waals surface area contributed by atoms with Gasteiger partial charge in [0, 0.05) is 31.8 Å². The maximum absolute atomic E-state index is 12.1. The maximum atomic E-state index is 12.1. The van der Waals surface area contributed by atoms with Gasteiger partial charge < -0.3 is 15.4 Å². The predicted molar refractivity (Wildman–Crippen MR) is 68.3 cm³/mol. The third-order valence-electron chi connectivity index (χ3n) is 3.86. The number of ether oxygens (including phenoxy) is 1. The number of rotatable bonds is 3. The lowest BCUT2D eigenvalue weighted by molar-refractivity contribution is 0.0176. The third kappa shape index (κ3) is 2.13. The van der Waals surface area contributed by atoms with Crippen LogP contribution in [0.4, 0.5) is 0 Å². The fraction of sp³-hybridized carbons (Fsp3) is 0.500. The number of benzene rings is 1. The number of hydrogen-bond donors (Lipinski definition) is 2. The van der Waals surface area contributed by atoms with Gasteiger partial charge in [-0.3, -0.25) is 4.79 Å². The van der Waals surface area contributed by atoms with E-state index in [-0.39, 0.29) is 11.9 Å². The van der Waals surface area contributed by atoms with Crippen molar-refractivity contribution < 1.29 is 9.53 Å². The number of hydrogen-bond acceptors (Lipinski definition) is 3. The van der Waals surface area contributed by atoms with Crippen molar-refractivity contribution in [2.45, 2.75) is 38.1 Å². The van der Waals surface area contributed by atoms with E-state index in [0.717, 1.165) is 31.5 Å². The number of nitrogens with one attached hydrogen (secondary N) is 2. The molecule has 96 valence electrons. The van der Waals surface area contributed by atoms with Crippen LogP contribution in [-0.4, -0.2) is 25.2 Å². The second-order valence-electron chi connectivity index (χ2n) is 5.09. The van der Waals surface area contributed by atoms with Gasteiger partial charge in [0.1, 0.15) is 0 Å². The lowest BCUT2D eigenvalue weighted by Crippen LogP contribution is -2.47. The molecule has 2 aliphatic rings. The van der Waals surface area contributed by atoms with Gasteiger partial charge in [-0.2, -0.15) is 0 Å². The molecule has 0 atom stereocenters. The lowest BCUT2D eigenvalue weighted by Gasteiger charge is -2.34. The number of amides is 1. The van der Waals surface area contributed by atoms with Gasteiger partial charge in [-0.25, -0.2) is 0 Å². The van der Waals surface area contributed by atoms with Gasteiger partial charge in [-0.15, -0.1) is 0 Å². The molecule has 1 aliphatic carbocycles. The van der Waals surface area contributed by atoms with Crippen LogP contribution in [0.1, 0.15) is 34.3 Å². The first-order valence-corrected chi connectivity index (χ1v) is 6.42. The zero-order valence-corrected chi connectivity index (χ0v) is 10.5. The normalized spacial score (nSPS) is 25.4. The summed E-state index contributed by atoms with van der Waals surface area (Å²) >= 11 is 0. The molecule has 18 heavy (non-hydrogen) atoms. The Hall–Kier alpha value is -1.39. The molecule has 1 aromatic rings. The zero-order valence-electron chi connectivity index (χ0n) is 10.5. The summed E-state index contributed by atoms with van der Waals surface area (Å²) in [4.78, 5) is 12.1. The van der Waals surface area contributed by atoms with E-state index in [1.165, 1.54) is 11.1 Å². The summed E-state index contributed by atoms with van der Waals surface area (Å²) in [7, 11) is 1.72. The average molecular weight is 246 g/mol. The molecule has 0 radical (unpaired) electrons. The summed E-state index contributed by atoms with van der Waals surface area (Å²) in [5.74, 6) is 0.0317. The Morgan fingerprint density at radius 2 is 2.11 bits per heavy atom. The lowest BCUT2D eigenvalue weighted by atomic mass is 9.89. The summed E-state index contributed by atoms with van der Waals surface area (Å²) in [6.07, 6.45) is 2.17. The van der Waals surface area contributed by atoms with E-state index in [0.29, 0.717) is 6.10 Å². The second-order valence-corrected chi connectivity index (χ2v) is 5.09. The molecule has 0 aromatic heterocycles. The molecule has 1 amide bonds. The molecule has 4 heteroatoms. The highest BCUT2D eigenvalue weighted by Crippen LogP contribution is 2.23. The summed E-state index contributed by atoms with van der Waals surface area (Å²) in [5.41, 5.74) is 3.30. The van der Waals surface area contributed by atoms with Gasteiger partial charge in [0.25, 0.3) is 5.91 Å². The quantitative estimate of drug-likeness (QED) is 0.842. The molecular weight excluding hydrogens is 228 g/mol. The maximum Gasteiger partial charge on any atom is 0.251 e. The van der Waals surface area contributed by atoms with E-state index < -0.39 is 0 Å². The molecule has 4 nitrogen and oxygen atoms in total. The van der Waals surface area contributed by atoms with Gasteiger partial charge in [-0.05, 0) is 36.1 Å². The highest BCUT2D eigenvalue weighted by molar-refractivity contribution is 5.94. The van der Waals surface area contributed by atoms with Crippen molar-refractivity contribution >= 4 is 5.91 Å². The van der Waals surface area contributed by atoms with Gasteiger partial charge in [0.05, 0.1) is 6.10 Å². The van der Waals surface area contributed by atoms with Crippen LogP contribution in [0, 0.1) is 0 Å². The molecule has 2 N–H and O–H groups in total. The predicted octanol–water partition coefficient (Wildman–Crippen LogP) is 1.20. The Morgan fingerprint density at radius 3 is 2.89 bits per heavy atom. The highest BCUT2D eigenvalue weighted by Gasteiger charge is 2.30. The van der Waals surface area contributed by atoms with Crippen molar-refractivity contribution in [3.63, 3.8) is 0 Å². The molecule has 3 rings (SSSR count). The van der Waals surface area contributed by atoms with Crippen LogP contribution in [-0.2, 0) is 17.8 Å². The highest BCUT2D eigenvalue weighted by atomic mass is 16.5. The van der Waals surface area contributed by atoms with Gasteiger partial charge in [0.15, 0.2) is 0 Å². The fourth-order valence-electron chi connectivity index (χ4n) is 2.58. The van der Waals surface area contributed by atoms with E-state index in [9.17, 15) is 4.79 Å². The first kappa shape index (κ1) is 11.7. The SMILES string of the molecule is COC1CC(NC(=O)c2ccc3c(c2)CNC3)C1. The monoisotopic (exact) mass is 246 g/mol. The minimum absolute atomic E-state index is 0.0317. The number of carbonyl (C=O) groups is 1. The molecule has 1 aromatic carbocycles. The Bertz CT molecular complexity index is 467. The number of fused-ring (bicyclic) bond motifs is 1. The van der Waals surface area contributed by atoms with Crippen molar-refractivity contribution in [1.29, 1.82) is 0 Å². The van der Waals surface area contributed by atoms with Crippen LogP contribution in [0.2, 0.25) is 0 Å². The van der Waals surface area contributed by atoms with Crippen LogP contribution in [0.3, 0.4) is 0 Å². The molecule has 0 unspecified atom stereocenters. The smallest absolute Gasteiger partial charge is 0.251 e. The van der Waals surface area contributed by atoms with Crippen molar-refractivity contribution in [3.05, 3.63) is 34.9 Å². The molecule has 0 saturated heterocycles. The Kier molecular flexibility index (Phi) is 3.06. The van der Waals surface area contributed by atoms with E-state index in [1.54, 1.807) is 7.11 Å². The van der Waals surface area contributed by atoms with Gasteiger partial charge >= 0.3 is 0 Å². The average Bonchev–Trinajstić information content (AvgIpc) is 2.79. The molecule has 1 saturated carbocycles. The standard InChI is InChI=1S/C14H18N2O2/c1-18-13-5-12(6-13)16-14(17)9-2-3-10-7-15-8-11(10)4-9/h2-4,12-13,15H,5-8H2,1H3,(H,16,17). The van der Waals surface area contributed by atoms with E-state index in [4.69, 9.17) is 4.74 Å². The first-order chi connectivity index (χ1) is 8.76. The van der Waals surface area contributed by atoms with E-state index in [1.807, 2.05) is 18.2 Å². The second kappa shape index (κ2) is 4.71. The van der Waals surface area contributed by atoms with Crippen molar-refractivity contribution in [3.8, 4) is 0 Å². The Morgan fingerprint density at radius 1 is 1.33 bits per heavy atom.